The summed E-state index contributed by atoms with van der Waals surface area (Å²) in [5, 5.41) is 9.42. The number of aromatic nitrogens is 4. The molecule has 0 saturated carbocycles. The number of allylic oxidation sites excluding steroid dienone is 1. The Morgan fingerprint density at radius 1 is 0.933 bits per heavy atom. The lowest BCUT2D eigenvalue weighted by molar-refractivity contribution is 0.0684. The fourth-order valence-corrected chi connectivity index (χ4v) is 4.49. The summed E-state index contributed by atoms with van der Waals surface area (Å²) in [6, 6.07) is 14.0. The smallest absolute Gasteiger partial charge is 0.263 e. The third kappa shape index (κ3) is 2.59. The Hall–Kier alpha value is -3.72. The van der Waals surface area contributed by atoms with Gasteiger partial charge in [0.1, 0.15) is 0 Å². The van der Waals surface area contributed by atoms with E-state index in [-0.39, 0.29) is 29.8 Å². The number of fused-ring (bicyclic) bond motifs is 4. The third-order valence-electron chi connectivity index (χ3n) is 4.99. The maximum absolute atomic E-state index is 12.9. The molecule has 0 saturated heterocycles. The molecule has 8 nitrogen and oxygen atoms in total. The number of para-hydroxylation sites is 1. The molecule has 1 aliphatic rings. The van der Waals surface area contributed by atoms with Crippen LogP contribution in [0.5, 0.6) is 0 Å². The van der Waals surface area contributed by atoms with Crippen LogP contribution >= 0.6 is 11.8 Å². The first kappa shape index (κ1) is 18.3. The summed E-state index contributed by atoms with van der Waals surface area (Å²) >= 11 is 1.21. The van der Waals surface area contributed by atoms with E-state index in [9.17, 15) is 14.4 Å². The van der Waals surface area contributed by atoms with Crippen molar-refractivity contribution >= 4 is 40.3 Å². The molecular formula is C21H15N5O3S. The van der Waals surface area contributed by atoms with Crippen LogP contribution < -0.4 is 5.56 Å². The van der Waals surface area contributed by atoms with Crippen LogP contribution in [0.1, 0.15) is 20.7 Å². The van der Waals surface area contributed by atoms with Crippen molar-refractivity contribution in [2.75, 3.05) is 5.88 Å². The Bertz CT molecular complexity index is 1390. The average molecular weight is 417 g/mol. The van der Waals surface area contributed by atoms with Gasteiger partial charge in [-0.05, 0) is 24.3 Å². The molecule has 3 heterocycles. The molecule has 148 valence electrons. The molecule has 0 bridgehead atoms. The Morgan fingerprint density at radius 2 is 1.60 bits per heavy atom. The highest BCUT2D eigenvalue weighted by molar-refractivity contribution is 7.99. The average Bonchev–Trinajstić information content (AvgIpc) is 3.30. The minimum Gasteiger partial charge on any atom is -0.272 e. The van der Waals surface area contributed by atoms with Crippen molar-refractivity contribution in [3.63, 3.8) is 0 Å². The minimum absolute atomic E-state index is 0.0854. The number of imide groups is 1. The van der Waals surface area contributed by atoms with Crippen molar-refractivity contribution < 1.29 is 9.59 Å². The molecule has 0 radical (unpaired) electrons. The lowest BCUT2D eigenvalue weighted by atomic mass is 10.1. The summed E-state index contributed by atoms with van der Waals surface area (Å²) in [6.07, 6.45) is 1.62. The van der Waals surface area contributed by atoms with Gasteiger partial charge in [-0.2, -0.15) is 0 Å². The number of hydrogen-bond donors (Lipinski definition) is 0. The predicted molar refractivity (Wildman–Crippen MR) is 113 cm³/mol. The van der Waals surface area contributed by atoms with Gasteiger partial charge in [-0.15, -0.1) is 16.8 Å². The van der Waals surface area contributed by atoms with E-state index >= 15 is 0 Å². The first-order chi connectivity index (χ1) is 14.6. The Labute approximate surface area is 174 Å². The van der Waals surface area contributed by atoms with Crippen molar-refractivity contribution in [2.45, 2.75) is 11.7 Å². The highest BCUT2D eigenvalue weighted by Gasteiger charge is 2.35. The van der Waals surface area contributed by atoms with Gasteiger partial charge in [0.25, 0.3) is 17.4 Å². The molecule has 2 aromatic heterocycles. The molecule has 0 spiro atoms. The van der Waals surface area contributed by atoms with Crippen LogP contribution in [-0.2, 0) is 6.54 Å². The van der Waals surface area contributed by atoms with Gasteiger partial charge < -0.3 is 0 Å². The molecule has 5 rings (SSSR count). The second-order valence-electron chi connectivity index (χ2n) is 6.70. The van der Waals surface area contributed by atoms with Gasteiger partial charge in [0.15, 0.2) is 5.16 Å². The zero-order valence-electron chi connectivity index (χ0n) is 15.7. The van der Waals surface area contributed by atoms with Crippen LogP contribution in [0, 0.1) is 0 Å². The van der Waals surface area contributed by atoms with Crippen LogP contribution in [0.25, 0.3) is 16.7 Å². The molecule has 2 amide bonds. The zero-order valence-corrected chi connectivity index (χ0v) is 16.5. The van der Waals surface area contributed by atoms with Gasteiger partial charge in [0, 0.05) is 6.54 Å². The van der Waals surface area contributed by atoms with Crippen LogP contribution in [0.15, 0.2) is 71.1 Å². The molecule has 0 fully saturated rings. The standard InChI is InChI=1S/C21H15N5O3S/c1-2-11-24-19(29)15-9-5-6-10-16(15)26-20(24)22-23-21(26)30-12-25-17(27)13-7-3-4-8-14(13)18(25)28/h2-10H,1,11-12H2. The summed E-state index contributed by atoms with van der Waals surface area (Å²) in [5.74, 6) is -0.193. The van der Waals surface area contributed by atoms with E-state index in [2.05, 4.69) is 16.8 Å². The molecule has 0 aliphatic carbocycles. The summed E-state index contributed by atoms with van der Waals surface area (Å²) in [4.78, 5) is 39.3. The lowest BCUT2D eigenvalue weighted by Crippen LogP contribution is -2.29. The fourth-order valence-electron chi connectivity index (χ4n) is 3.60. The maximum atomic E-state index is 12.9. The molecular weight excluding hydrogens is 402 g/mol. The molecule has 30 heavy (non-hydrogen) atoms. The van der Waals surface area contributed by atoms with Gasteiger partial charge in [-0.3, -0.25) is 28.3 Å². The van der Waals surface area contributed by atoms with Gasteiger partial charge in [-0.25, -0.2) is 0 Å². The topological polar surface area (TPSA) is 89.6 Å². The van der Waals surface area contributed by atoms with Gasteiger partial charge in [0.05, 0.1) is 27.9 Å². The van der Waals surface area contributed by atoms with Gasteiger partial charge in [0.2, 0.25) is 5.78 Å². The van der Waals surface area contributed by atoms with Crippen LogP contribution in [0.2, 0.25) is 0 Å². The second-order valence-corrected chi connectivity index (χ2v) is 7.61. The largest absolute Gasteiger partial charge is 0.272 e. The number of thioether (sulfide) groups is 1. The number of amides is 2. The second kappa shape index (κ2) is 6.96. The fraction of sp³-hybridized carbons (Fsp3) is 0.0952. The molecule has 0 unspecified atom stereocenters. The van der Waals surface area contributed by atoms with E-state index in [4.69, 9.17) is 0 Å². The number of rotatable bonds is 5. The number of hydrogen-bond acceptors (Lipinski definition) is 6. The summed E-state index contributed by atoms with van der Waals surface area (Å²) in [7, 11) is 0. The van der Waals surface area contributed by atoms with E-state index in [1.54, 1.807) is 46.9 Å². The van der Waals surface area contributed by atoms with Crippen LogP contribution in [0.4, 0.5) is 0 Å². The van der Waals surface area contributed by atoms with Crippen LogP contribution in [-0.4, -0.2) is 41.8 Å². The van der Waals surface area contributed by atoms with E-state index in [0.717, 1.165) is 0 Å². The Kier molecular flexibility index (Phi) is 4.25. The number of carbonyl (C=O) groups excluding carboxylic acids is 2. The monoisotopic (exact) mass is 417 g/mol. The number of benzene rings is 2. The van der Waals surface area contributed by atoms with E-state index in [0.29, 0.717) is 33.0 Å². The normalized spacial score (nSPS) is 13.4. The molecule has 1 aliphatic heterocycles. The quantitative estimate of drug-likeness (QED) is 0.282. The first-order valence-electron chi connectivity index (χ1n) is 9.17. The Balaban J connectivity index is 1.57. The molecule has 0 atom stereocenters. The first-order valence-corrected chi connectivity index (χ1v) is 10.2. The van der Waals surface area contributed by atoms with Crippen molar-refractivity contribution in [1.82, 2.24) is 24.1 Å². The van der Waals surface area contributed by atoms with Crippen molar-refractivity contribution in [2.24, 2.45) is 0 Å². The lowest BCUT2D eigenvalue weighted by Gasteiger charge is -2.13. The highest BCUT2D eigenvalue weighted by atomic mass is 32.2. The predicted octanol–water partition coefficient (Wildman–Crippen LogP) is 2.58. The summed E-state index contributed by atoms with van der Waals surface area (Å²) in [6.45, 7) is 4.00. The van der Waals surface area contributed by atoms with Gasteiger partial charge >= 0.3 is 0 Å². The van der Waals surface area contributed by atoms with Crippen LogP contribution in [0.3, 0.4) is 0 Å². The SMILES string of the molecule is C=CCn1c(=O)c2ccccc2n2c(SCN3C(=O)c4ccccc4C3=O)nnc12. The van der Waals surface area contributed by atoms with Crippen molar-refractivity contribution in [3.8, 4) is 0 Å². The molecule has 9 heteroatoms. The molecule has 2 aromatic carbocycles. The Morgan fingerprint density at radius 3 is 2.30 bits per heavy atom. The molecule has 0 N–H and O–H groups in total. The van der Waals surface area contributed by atoms with E-state index in [1.807, 2.05) is 12.1 Å². The number of carbonyl (C=O) groups is 2. The van der Waals surface area contributed by atoms with Gasteiger partial charge in [-0.1, -0.05) is 42.1 Å². The maximum Gasteiger partial charge on any atom is 0.263 e. The number of nitrogens with zero attached hydrogens (tertiary/aromatic N) is 5. The van der Waals surface area contributed by atoms with Crippen molar-refractivity contribution in [3.05, 3.63) is 82.7 Å². The highest BCUT2D eigenvalue weighted by Crippen LogP contribution is 2.27. The summed E-state index contributed by atoms with van der Waals surface area (Å²) in [5.41, 5.74) is 1.29. The minimum atomic E-state index is -0.328. The van der Waals surface area contributed by atoms with E-state index < -0.39 is 0 Å². The van der Waals surface area contributed by atoms with Crippen molar-refractivity contribution in [1.29, 1.82) is 0 Å². The van der Waals surface area contributed by atoms with E-state index in [1.165, 1.54) is 21.2 Å². The third-order valence-corrected chi connectivity index (χ3v) is 5.90. The molecule has 4 aromatic rings. The summed E-state index contributed by atoms with van der Waals surface area (Å²) < 4.78 is 3.26. The zero-order chi connectivity index (χ0) is 20.8.